The first-order valence-electron chi connectivity index (χ1n) is 6.50. The summed E-state index contributed by atoms with van der Waals surface area (Å²) in [6, 6.07) is 11.6. The molecular formula is C16H13ClN4. The van der Waals surface area contributed by atoms with Gasteiger partial charge in [0, 0.05) is 22.5 Å². The van der Waals surface area contributed by atoms with Gasteiger partial charge in [0.25, 0.3) is 0 Å². The average molecular weight is 297 g/mol. The first-order chi connectivity index (χ1) is 10.1. The van der Waals surface area contributed by atoms with Crippen LogP contribution in [0.5, 0.6) is 0 Å². The molecule has 0 atom stereocenters. The van der Waals surface area contributed by atoms with Gasteiger partial charge in [0.2, 0.25) is 0 Å². The summed E-state index contributed by atoms with van der Waals surface area (Å²) in [5.41, 5.74) is 10.8. The third kappa shape index (κ3) is 2.32. The highest BCUT2D eigenvalue weighted by Gasteiger charge is 2.14. The number of nitrogen functional groups attached to an aromatic ring is 1. The molecule has 21 heavy (non-hydrogen) atoms. The Balaban J connectivity index is 2.28. The van der Waals surface area contributed by atoms with Crippen molar-refractivity contribution in [2.75, 3.05) is 5.73 Å². The maximum absolute atomic E-state index is 9.09. The Kier molecular flexibility index (Phi) is 3.28. The van der Waals surface area contributed by atoms with Crippen LogP contribution in [0.3, 0.4) is 0 Å². The summed E-state index contributed by atoms with van der Waals surface area (Å²) in [5.74, 6) is 0. The second kappa shape index (κ2) is 5.12. The Labute approximate surface area is 127 Å². The number of rotatable bonds is 2. The number of nitrogens with two attached hydrogens (primary N) is 1. The van der Waals surface area contributed by atoms with Crippen molar-refractivity contribution in [1.29, 1.82) is 5.26 Å². The number of aromatic nitrogens is 2. The molecule has 0 aliphatic heterocycles. The van der Waals surface area contributed by atoms with E-state index in [1.165, 1.54) is 0 Å². The molecule has 2 heterocycles. The largest absolute Gasteiger partial charge is 0.398 e. The minimum atomic E-state index is 0.266. The summed E-state index contributed by atoms with van der Waals surface area (Å²) in [4.78, 5) is 4.63. The Bertz CT molecular complexity index is 874. The highest BCUT2D eigenvalue weighted by atomic mass is 35.5. The molecule has 0 unspecified atom stereocenters. The SMILES string of the molecule is Cc1cc(-c2nc3ccc(N)cn3c2CC#N)ccc1Cl. The first kappa shape index (κ1) is 13.5. The number of nitrogens with zero attached hydrogens (tertiary/aromatic N) is 3. The number of hydrogen-bond donors (Lipinski definition) is 1. The van der Waals surface area contributed by atoms with Crippen LogP contribution < -0.4 is 5.73 Å². The molecule has 0 fully saturated rings. The summed E-state index contributed by atoms with van der Waals surface area (Å²) in [5, 5.41) is 9.81. The zero-order valence-corrected chi connectivity index (χ0v) is 12.2. The van der Waals surface area contributed by atoms with Crippen molar-refractivity contribution in [2.45, 2.75) is 13.3 Å². The molecule has 0 bridgehead atoms. The Hall–Kier alpha value is -2.51. The van der Waals surface area contributed by atoms with Crippen molar-refractivity contribution >= 4 is 22.9 Å². The van der Waals surface area contributed by atoms with Crippen LogP contribution in [-0.2, 0) is 6.42 Å². The van der Waals surface area contributed by atoms with E-state index in [0.717, 1.165) is 28.2 Å². The van der Waals surface area contributed by atoms with Gasteiger partial charge in [-0.1, -0.05) is 17.7 Å². The number of pyridine rings is 1. The van der Waals surface area contributed by atoms with Crippen LogP contribution in [0.1, 0.15) is 11.3 Å². The number of nitriles is 1. The van der Waals surface area contributed by atoms with E-state index >= 15 is 0 Å². The average Bonchev–Trinajstić information content (AvgIpc) is 2.81. The van der Waals surface area contributed by atoms with Gasteiger partial charge in [0.1, 0.15) is 5.65 Å². The Morgan fingerprint density at radius 2 is 2.14 bits per heavy atom. The molecule has 3 rings (SSSR count). The zero-order chi connectivity index (χ0) is 15.0. The number of hydrogen-bond acceptors (Lipinski definition) is 3. The molecule has 104 valence electrons. The van der Waals surface area contributed by atoms with Crippen LogP contribution in [0, 0.1) is 18.3 Å². The van der Waals surface area contributed by atoms with E-state index in [2.05, 4.69) is 11.1 Å². The lowest BCUT2D eigenvalue weighted by molar-refractivity contribution is 1.06. The Morgan fingerprint density at radius 3 is 2.86 bits per heavy atom. The lowest BCUT2D eigenvalue weighted by Gasteiger charge is -2.04. The van der Waals surface area contributed by atoms with E-state index in [-0.39, 0.29) is 6.42 Å². The van der Waals surface area contributed by atoms with Crippen molar-refractivity contribution in [3.05, 3.63) is 52.8 Å². The maximum atomic E-state index is 9.09. The van der Waals surface area contributed by atoms with Gasteiger partial charge >= 0.3 is 0 Å². The van der Waals surface area contributed by atoms with E-state index in [1.54, 1.807) is 12.3 Å². The number of anilines is 1. The third-order valence-corrected chi connectivity index (χ3v) is 3.84. The molecule has 0 spiro atoms. The summed E-state index contributed by atoms with van der Waals surface area (Å²) in [6.07, 6.45) is 2.06. The molecule has 5 heteroatoms. The van der Waals surface area contributed by atoms with Crippen LogP contribution in [-0.4, -0.2) is 9.38 Å². The second-order valence-corrected chi connectivity index (χ2v) is 5.30. The standard InChI is InChI=1S/C16H13ClN4/c1-10-8-11(2-4-13(10)17)16-14(6-7-18)21-9-12(19)3-5-15(21)20-16/h2-5,8-9H,6,19H2,1H3. The first-order valence-corrected chi connectivity index (χ1v) is 6.88. The minimum absolute atomic E-state index is 0.266. The maximum Gasteiger partial charge on any atom is 0.137 e. The second-order valence-electron chi connectivity index (χ2n) is 4.90. The van der Waals surface area contributed by atoms with Crippen molar-refractivity contribution in [2.24, 2.45) is 0 Å². The fourth-order valence-electron chi connectivity index (χ4n) is 2.38. The van der Waals surface area contributed by atoms with Crippen LogP contribution in [0.15, 0.2) is 36.5 Å². The number of halogens is 1. The molecule has 1 aromatic carbocycles. The van der Waals surface area contributed by atoms with Crippen molar-refractivity contribution in [1.82, 2.24) is 9.38 Å². The lowest BCUT2D eigenvalue weighted by atomic mass is 10.1. The lowest BCUT2D eigenvalue weighted by Crippen LogP contribution is -1.96. The minimum Gasteiger partial charge on any atom is -0.398 e. The van der Waals surface area contributed by atoms with Gasteiger partial charge in [-0.15, -0.1) is 0 Å². The van der Waals surface area contributed by atoms with Crippen molar-refractivity contribution in [3.63, 3.8) is 0 Å². The molecule has 3 aromatic rings. The number of fused-ring (bicyclic) bond motifs is 1. The highest BCUT2D eigenvalue weighted by Crippen LogP contribution is 2.28. The summed E-state index contributed by atoms with van der Waals surface area (Å²) in [7, 11) is 0. The molecule has 0 aliphatic carbocycles. The fraction of sp³-hybridized carbons (Fsp3) is 0.125. The van der Waals surface area contributed by atoms with Gasteiger partial charge in [0.15, 0.2) is 0 Å². The topological polar surface area (TPSA) is 67.1 Å². The summed E-state index contributed by atoms with van der Waals surface area (Å²) in [6.45, 7) is 1.95. The van der Waals surface area contributed by atoms with Crippen molar-refractivity contribution in [3.8, 4) is 17.3 Å². The number of benzene rings is 1. The highest BCUT2D eigenvalue weighted by molar-refractivity contribution is 6.31. The summed E-state index contributed by atoms with van der Waals surface area (Å²) >= 11 is 6.07. The molecule has 0 aliphatic rings. The van der Waals surface area contributed by atoms with Crippen LogP contribution in [0.4, 0.5) is 5.69 Å². The molecule has 0 amide bonds. The van der Waals surface area contributed by atoms with E-state index < -0.39 is 0 Å². The van der Waals surface area contributed by atoms with Crippen LogP contribution in [0.2, 0.25) is 5.02 Å². The van der Waals surface area contributed by atoms with Gasteiger partial charge in [-0.05, 0) is 36.8 Å². The Morgan fingerprint density at radius 1 is 1.33 bits per heavy atom. The number of imidazole rings is 1. The van der Waals surface area contributed by atoms with Crippen LogP contribution >= 0.6 is 11.6 Å². The number of aryl methyl sites for hydroxylation is 1. The fourth-order valence-corrected chi connectivity index (χ4v) is 2.49. The predicted molar refractivity (Wildman–Crippen MR) is 84.1 cm³/mol. The molecule has 0 saturated carbocycles. The van der Waals surface area contributed by atoms with Crippen molar-refractivity contribution < 1.29 is 0 Å². The molecule has 2 N–H and O–H groups in total. The monoisotopic (exact) mass is 296 g/mol. The molecule has 2 aromatic heterocycles. The quantitative estimate of drug-likeness (QED) is 0.785. The smallest absolute Gasteiger partial charge is 0.137 e. The van der Waals surface area contributed by atoms with Crippen LogP contribution in [0.25, 0.3) is 16.9 Å². The molecule has 4 nitrogen and oxygen atoms in total. The molecular weight excluding hydrogens is 284 g/mol. The molecule has 0 radical (unpaired) electrons. The van der Waals surface area contributed by atoms with E-state index in [1.807, 2.05) is 35.6 Å². The predicted octanol–water partition coefficient (Wildman–Crippen LogP) is 3.61. The zero-order valence-electron chi connectivity index (χ0n) is 11.5. The van der Waals surface area contributed by atoms with E-state index in [4.69, 9.17) is 22.6 Å². The van der Waals surface area contributed by atoms with Gasteiger partial charge in [-0.2, -0.15) is 5.26 Å². The third-order valence-electron chi connectivity index (χ3n) is 3.42. The van der Waals surface area contributed by atoms with Gasteiger partial charge < -0.3 is 10.1 Å². The van der Waals surface area contributed by atoms with Gasteiger partial charge in [-0.25, -0.2) is 4.98 Å². The molecule has 0 saturated heterocycles. The van der Waals surface area contributed by atoms with E-state index in [0.29, 0.717) is 10.7 Å². The summed E-state index contributed by atoms with van der Waals surface area (Å²) < 4.78 is 1.87. The normalized spacial score (nSPS) is 10.7. The van der Waals surface area contributed by atoms with Gasteiger partial charge in [-0.3, -0.25) is 0 Å². The van der Waals surface area contributed by atoms with E-state index in [9.17, 15) is 0 Å². The van der Waals surface area contributed by atoms with Gasteiger partial charge in [0.05, 0.1) is 23.9 Å².